The highest BCUT2D eigenvalue weighted by atomic mass is 32.1. The van der Waals surface area contributed by atoms with Crippen LogP contribution in [0, 0.1) is 0 Å². The van der Waals surface area contributed by atoms with Crippen molar-refractivity contribution in [2.45, 2.75) is 43.4 Å². The van der Waals surface area contributed by atoms with Crippen LogP contribution in [0.1, 0.15) is 47.2 Å². The lowest BCUT2D eigenvalue weighted by Gasteiger charge is -2.43. The van der Waals surface area contributed by atoms with E-state index in [1.165, 1.54) is 0 Å². The predicted molar refractivity (Wildman–Crippen MR) is 107 cm³/mol. The summed E-state index contributed by atoms with van der Waals surface area (Å²) in [7, 11) is 1.73. The van der Waals surface area contributed by atoms with E-state index in [0.29, 0.717) is 17.8 Å². The third-order valence-corrected chi connectivity index (χ3v) is 5.91. The lowest BCUT2D eigenvalue weighted by molar-refractivity contribution is -0.137. The highest BCUT2D eigenvalue weighted by Crippen LogP contribution is 2.42. The third-order valence-electron chi connectivity index (χ3n) is 5.34. The molecule has 4 nitrogen and oxygen atoms in total. The number of nitrogens with one attached hydrogen (secondary N) is 1. The summed E-state index contributed by atoms with van der Waals surface area (Å²) in [5.74, 6) is -0.669. The first-order chi connectivity index (χ1) is 13.8. The number of hydrogen-bond donors (Lipinski definition) is 1. The number of ether oxygens (including phenoxy) is 1. The van der Waals surface area contributed by atoms with E-state index in [4.69, 9.17) is 17.0 Å². The van der Waals surface area contributed by atoms with E-state index in [1.807, 2.05) is 6.07 Å². The molecule has 1 heterocycles. The molecule has 0 saturated heterocycles. The van der Waals surface area contributed by atoms with E-state index >= 15 is 0 Å². The van der Waals surface area contributed by atoms with Crippen molar-refractivity contribution in [3.05, 3.63) is 65.5 Å². The van der Waals surface area contributed by atoms with Gasteiger partial charge in [0.25, 0.3) is 0 Å². The zero-order valence-electron chi connectivity index (χ0n) is 15.8. The molecule has 8 heteroatoms. The molecule has 1 saturated carbocycles. The molecule has 2 aromatic rings. The van der Waals surface area contributed by atoms with Gasteiger partial charge in [-0.3, -0.25) is 4.98 Å². The van der Waals surface area contributed by atoms with E-state index in [9.17, 15) is 18.0 Å². The van der Waals surface area contributed by atoms with Crippen molar-refractivity contribution in [3.63, 3.8) is 0 Å². The molecule has 154 valence electrons. The van der Waals surface area contributed by atoms with Crippen molar-refractivity contribution in [1.29, 1.82) is 0 Å². The summed E-state index contributed by atoms with van der Waals surface area (Å²) in [6.07, 6.45) is 1.42. The molecule has 3 rings (SSSR count). The summed E-state index contributed by atoms with van der Waals surface area (Å²) in [4.78, 5) is 17.5. The third kappa shape index (κ3) is 4.27. The normalized spacial score (nSPS) is 22.0. The van der Waals surface area contributed by atoms with Gasteiger partial charge in [0.1, 0.15) is 6.10 Å². The number of esters is 1. The molecule has 29 heavy (non-hydrogen) atoms. The summed E-state index contributed by atoms with van der Waals surface area (Å²) >= 11 is 5.62. The molecule has 1 aromatic carbocycles. The van der Waals surface area contributed by atoms with Gasteiger partial charge in [0.15, 0.2) is 0 Å². The number of hydrogen-bond acceptors (Lipinski definition) is 4. The Morgan fingerprint density at radius 1 is 1.24 bits per heavy atom. The van der Waals surface area contributed by atoms with Gasteiger partial charge in [-0.2, -0.15) is 13.2 Å². The van der Waals surface area contributed by atoms with Gasteiger partial charge in [0.05, 0.1) is 21.5 Å². The number of aromatic nitrogens is 1. The topological polar surface area (TPSA) is 51.2 Å². The maximum Gasteiger partial charge on any atom is 0.416 e. The number of benzene rings is 1. The number of pyridine rings is 1. The van der Waals surface area contributed by atoms with E-state index in [-0.39, 0.29) is 5.56 Å². The standard InChI is InChI=1S/C21H21F3N2O2S/c1-25-19(29)20(16-5-4-12-26-13-16)11-3-2-6-17(20)28-18(27)14-7-9-15(10-8-14)21(22,23)24/h4-5,7-10,12-13,17H,2-3,6,11H2,1H3,(H,25,29)/t17-,20+/m1/s1. The Hall–Kier alpha value is -2.48. The lowest BCUT2D eigenvalue weighted by Crippen LogP contribution is -2.53. The smallest absolute Gasteiger partial charge is 0.416 e. The highest BCUT2D eigenvalue weighted by Gasteiger charge is 2.48. The number of likely N-dealkylation sites (N-methyl/N-ethyl adjacent to an activating group) is 1. The molecule has 0 bridgehead atoms. The maximum absolute atomic E-state index is 12.8. The summed E-state index contributed by atoms with van der Waals surface area (Å²) < 4.78 is 44.1. The van der Waals surface area contributed by atoms with Crippen LogP contribution in [0.5, 0.6) is 0 Å². The summed E-state index contributed by atoms with van der Waals surface area (Å²) in [5, 5.41) is 3.03. The molecule has 0 unspecified atom stereocenters. The van der Waals surface area contributed by atoms with Gasteiger partial charge in [-0.1, -0.05) is 24.7 Å². The van der Waals surface area contributed by atoms with Crippen LogP contribution < -0.4 is 5.32 Å². The van der Waals surface area contributed by atoms with Crippen LogP contribution >= 0.6 is 12.2 Å². The number of nitrogens with zero attached hydrogens (tertiary/aromatic N) is 1. The Balaban J connectivity index is 1.90. The fraction of sp³-hybridized carbons (Fsp3) is 0.381. The quantitative estimate of drug-likeness (QED) is 0.573. The molecule has 0 amide bonds. The average Bonchev–Trinajstić information content (AvgIpc) is 2.73. The number of carbonyl (C=O) groups excluding carboxylic acids is 1. The van der Waals surface area contributed by atoms with Crippen molar-refractivity contribution in [2.24, 2.45) is 0 Å². The molecule has 0 radical (unpaired) electrons. The van der Waals surface area contributed by atoms with E-state index in [0.717, 1.165) is 42.7 Å². The van der Waals surface area contributed by atoms with Gasteiger partial charge in [-0.15, -0.1) is 0 Å². The van der Waals surface area contributed by atoms with Gasteiger partial charge in [-0.05, 0) is 55.2 Å². The number of thiocarbonyl (C=S) groups is 1. The van der Waals surface area contributed by atoms with Gasteiger partial charge in [0, 0.05) is 19.4 Å². The number of carbonyl (C=O) groups is 1. The van der Waals surface area contributed by atoms with E-state index in [2.05, 4.69) is 10.3 Å². The molecule has 0 spiro atoms. The zero-order valence-corrected chi connectivity index (χ0v) is 16.6. The Labute approximate surface area is 172 Å². The van der Waals surface area contributed by atoms with Crippen LogP contribution in [0.3, 0.4) is 0 Å². The van der Waals surface area contributed by atoms with Gasteiger partial charge >= 0.3 is 12.1 Å². The summed E-state index contributed by atoms with van der Waals surface area (Å²) in [6.45, 7) is 0. The maximum atomic E-state index is 12.8. The van der Waals surface area contributed by atoms with Crippen LogP contribution in [0.25, 0.3) is 0 Å². The first kappa shape index (κ1) is 21.2. The SMILES string of the molecule is CNC(=S)[C@]1(c2cccnc2)CCCC[C@H]1OC(=O)c1ccc(C(F)(F)F)cc1. The second-order valence-electron chi connectivity index (χ2n) is 7.01. The number of halogens is 3. The fourth-order valence-electron chi connectivity index (χ4n) is 3.86. The minimum absolute atomic E-state index is 0.0686. The largest absolute Gasteiger partial charge is 0.457 e. The molecule has 1 fully saturated rings. The van der Waals surface area contributed by atoms with Gasteiger partial charge in [0.2, 0.25) is 0 Å². The van der Waals surface area contributed by atoms with E-state index < -0.39 is 29.2 Å². The van der Waals surface area contributed by atoms with Crippen LogP contribution in [-0.2, 0) is 16.3 Å². The zero-order chi connectivity index (χ0) is 21.1. The molecular formula is C21H21F3N2O2S. The Bertz CT molecular complexity index is 872. The Kier molecular flexibility index (Phi) is 6.21. The predicted octanol–water partition coefficient (Wildman–Crippen LogP) is 4.68. The van der Waals surface area contributed by atoms with Crippen molar-refractivity contribution < 1.29 is 22.7 Å². The molecule has 2 atom stereocenters. The minimum atomic E-state index is -4.46. The molecular weight excluding hydrogens is 401 g/mol. The summed E-state index contributed by atoms with van der Waals surface area (Å²) in [5.41, 5.74) is -0.617. The van der Waals surface area contributed by atoms with Crippen LogP contribution in [0.15, 0.2) is 48.8 Å². The molecule has 1 N–H and O–H groups in total. The average molecular weight is 422 g/mol. The highest BCUT2D eigenvalue weighted by molar-refractivity contribution is 7.80. The van der Waals surface area contributed by atoms with Crippen LogP contribution in [0.4, 0.5) is 13.2 Å². The first-order valence-electron chi connectivity index (χ1n) is 9.30. The minimum Gasteiger partial charge on any atom is -0.457 e. The second kappa shape index (κ2) is 8.49. The number of rotatable bonds is 4. The van der Waals surface area contributed by atoms with Gasteiger partial charge in [-0.25, -0.2) is 4.79 Å². The molecule has 0 aliphatic heterocycles. The second-order valence-corrected chi connectivity index (χ2v) is 7.42. The van der Waals surface area contributed by atoms with Crippen LogP contribution in [-0.4, -0.2) is 29.1 Å². The van der Waals surface area contributed by atoms with Gasteiger partial charge < -0.3 is 10.1 Å². The number of alkyl halides is 3. The Morgan fingerprint density at radius 2 is 1.97 bits per heavy atom. The Morgan fingerprint density at radius 3 is 2.55 bits per heavy atom. The molecule has 1 aromatic heterocycles. The monoisotopic (exact) mass is 422 g/mol. The van der Waals surface area contributed by atoms with Crippen LogP contribution in [0.2, 0.25) is 0 Å². The summed E-state index contributed by atoms with van der Waals surface area (Å²) in [6, 6.07) is 7.74. The fourth-order valence-corrected chi connectivity index (χ4v) is 4.22. The van der Waals surface area contributed by atoms with Crippen molar-refractivity contribution >= 4 is 23.2 Å². The molecule has 1 aliphatic rings. The van der Waals surface area contributed by atoms with Crippen molar-refractivity contribution in [3.8, 4) is 0 Å². The van der Waals surface area contributed by atoms with Crippen molar-refractivity contribution in [1.82, 2.24) is 10.3 Å². The first-order valence-corrected chi connectivity index (χ1v) is 9.71. The lowest BCUT2D eigenvalue weighted by atomic mass is 9.67. The van der Waals surface area contributed by atoms with Crippen molar-refractivity contribution in [2.75, 3.05) is 7.05 Å². The molecule has 1 aliphatic carbocycles. The van der Waals surface area contributed by atoms with E-state index in [1.54, 1.807) is 25.5 Å².